The fourth-order valence-corrected chi connectivity index (χ4v) is 1.97. The highest BCUT2D eigenvalue weighted by molar-refractivity contribution is 5.94. The molecule has 0 spiro atoms. The Balaban J connectivity index is 2.19. The number of hydrogen-bond acceptors (Lipinski definition) is 3. The van der Waals surface area contributed by atoms with Gasteiger partial charge in [0.05, 0.1) is 6.61 Å². The molecule has 2 rings (SSSR count). The van der Waals surface area contributed by atoms with Crippen molar-refractivity contribution in [1.29, 1.82) is 0 Å². The normalized spacial score (nSPS) is 10.5. The Morgan fingerprint density at radius 3 is 2.55 bits per heavy atom. The number of rotatable bonds is 6. The van der Waals surface area contributed by atoms with Gasteiger partial charge < -0.3 is 9.64 Å². The summed E-state index contributed by atoms with van der Waals surface area (Å²) in [6.07, 6.45) is 3.26. The molecule has 0 bridgehead atoms. The summed E-state index contributed by atoms with van der Waals surface area (Å²) in [7, 11) is 1.53. The number of carbonyl (C=O) groups is 1. The number of methoxy groups -OCH3 is 1. The van der Waals surface area contributed by atoms with Crippen LogP contribution in [-0.2, 0) is 11.3 Å². The summed E-state index contributed by atoms with van der Waals surface area (Å²) in [4.78, 5) is 17.9. The van der Waals surface area contributed by atoms with Gasteiger partial charge in [-0.25, -0.2) is 8.78 Å². The first kappa shape index (κ1) is 16.0. The topological polar surface area (TPSA) is 42.4 Å². The van der Waals surface area contributed by atoms with E-state index in [1.807, 2.05) is 0 Å². The molecule has 1 amide bonds. The van der Waals surface area contributed by atoms with E-state index in [1.54, 1.807) is 24.5 Å². The summed E-state index contributed by atoms with van der Waals surface area (Å²) in [5.74, 6) is -2.40. The zero-order valence-electron chi connectivity index (χ0n) is 12.1. The number of aromatic nitrogens is 1. The van der Waals surface area contributed by atoms with Gasteiger partial charge in [-0.3, -0.25) is 9.78 Å². The molecule has 0 saturated heterocycles. The van der Waals surface area contributed by atoms with Crippen molar-refractivity contribution in [3.05, 3.63) is 65.5 Å². The van der Waals surface area contributed by atoms with Crippen LogP contribution in [0.2, 0.25) is 0 Å². The van der Waals surface area contributed by atoms with Gasteiger partial charge in [-0.2, -0.15) is 0 Å². The van der Waals surface area contributed by atoms with Gasteiger partial charge in [0, 0.05) is 38.2 Å². The second-order valence-electron chi connectivity index (χ2n) is 4.70. The van der Waals surface area contributed by atoms with Crippen LogP contribution in [0.4, 0.5) is 8.78 Å². The molecule has 0 radical (unpaired) electrons. The monoisotopic (exact) mass is 306 g/mol. The lowest BCUT2D eigenvalue weighted by molar-refractivity contribution is 0.0680. The van der Waals surface area contributed by atoms with Crippen LogP contribution in [0.3, 0.4) is 0 Å². The lowest BCUT2D eigenvalue weighted by Gasteiger charge is -2.22. The van der Waals surface area contributed by atoms with Crippen molar-refractivity contribution in [3.63, 3.8) is 0 Å². The van der Waals surface area contributed by atoms with E-state index >= 15 is 0 Å². The molecule has 1 aromatic carbocycles. The first-order valence-corrected chi connectivity index (χ1v) is 6.74. The SMILES string of the molecule is COCCN(Cc1ccncc1)C(=O)c1ccc(F)c(F)c1. The van der Waals surface area contributed by atoms with E-state index in [0.717, 1.165) is 17.7 Å². The third-order valence-electron chi connectivity index (χ3n) is 3.14. The van der Waals surface area contributed by atoms with E-state index in [9.17, 15) is 13.6 Å². The third-order valence-corrected chi connectivity index (χ3v) is 3.14. The van der Waals surface area contributed by atoms with Gasteiger partial charge in [0.1, 0.15) is 0 Å². The van der Waals surface area contributed by atoms with Crippen molar-refractivity contribution >= 4 is 5.91 Å². The number of nitrogens with zero attached hydrogens (tertiary/aromatic N) is 2. The fraction of sp³-hybridized carbons (Fsp3) is 0.250. The summed E-state index contributed by atoms with van der Waals surface area (Å²) in [6, 6.07) is 6.71. The molecular formula is C16H16F2N2O2. The maximum absolute atomic E-state index is 13.3. The average Bonchev–Trinajstić information content (AvgIpc) is 2.54. The number of amides is 1. The van der Waals surface area contributed by atoms with Crippen molar-refractivity contribution in [2.45, 2.75) is 6.54 Å². The summed E-state index contributed by atoms with van der Waals surface area (Å²) >= 11 is 0. The number of hydrogen-bond donors (Lipinski definition) is 0. The van der Waals surface area contributed by atoms with Gasteiger partial charge in [0.2, 0.25) is 0 Å². The summed E-state index contributed by atoms with van der Waals surface area (Å²) in [6.45, 7) is 1.03. The summed E-state index contributed by atoms with van der Waals surface area (Å²) < 4.78 is 31.3. The summed E-state index contributed by atoms with van der Waals surface area (Å²) in [5, 5.41) is 0. The van der Waals surface area contributed by atoms with E-state index < -0.39 is 11.6 Å². The molecule has 0 saturated carbocycles. The maximum Gasteiger partial charge on any atom is 0.254 e. The fourth-order valence-electron chi connectivity index (χ4n) is 1.97. The number of benzene rings is 1. The zero-order chi connectivity index (χ0) is 15.9. The van der Waals surface area contributed by atoms with E-state index in [-0.39, 0.29) is 11.5 Å². The quantitative estimate of drug-likeness (QED) is 0.824. The van der Waals surface area contributed by atoms with Gasteiger partial charge in [-0.05, 0) is 35.9 Å². The number of carbonyl (C=O) groups excluding carboxylic acids is 1. The van der Waals surface area contributed by atoms with Crippen LogP contribution in [0.1, 0.15) is 15.9 Å². The highest BCUT2D eigenvalue weighted by Gasteiger charge is 2.17. The van der Waals surface area contributed by atoms with Crippen molar-refractivity contribution in [2.24, 2.45) is 0 Å². The first-order chi connectivity index (χ1) is 10.6. The van der Waals surface area contributed by atoms with Crippen LogP contribution in [0.15, 0.2) is 42.7 Å². The van der Waals surface area contributed by atoms with Gasteiger partial charge in [0.25, 0.3) is 5.91 Å². The Hall–Kier alpha value is -2.34. The average molecular weight is 306 g/mol. The smallest absolute Gasteiger partial charge is 0.254 e. The van der Waals surface area contributed by atoms with Crippen molar-refractivity contribution in [3.8, 4) is 0 Å². The molecule has 0 unspecified atom stereocenters. The Bertz CT molecular complexity index is 635. The molecule has 0 fully saturated rings. The Labute approximate surface area is 127 Å². The lowest BCUT2D eigenvalue weighted by atomic mass is 10.1. The molecule has 0 atom stereocenters. The van der Waals surface area contributed by atoms with Gasteiger partial charge in [-0.1, -0.05) is 0 Å². The van der Waals surface area contributed by atoms with Crippen LogP contribution in [0.5, 0.6) is 0 Å². The minimum atomic E-state index is -1.04. The van der Waals surface area contributed by atoms with E-state index in [4.69, 9.17) is 4.74 Å². The minimum absolute atomic E-state index is 0.101. The predicted molar refractivity (Wildman–Crippen MR) is 77.2 cm³/mol. The molecule has 1 aromatic heterocycles. The second-order valence-corrected chi connectivity index (χ2v) is 4.70. The number of ether oxygens (including phenoxy) is 1. The Morgan fingerprint density at radius 2 is 1.91 bits per heavy atom. The molecule has 4 nitrogen and oxygen atoms in total. The molecule has 6 heteroatoms. The highest BCUT2D eigenvalue weighted by atomic mass is 19.2. The second kappa shape index (κ2) is 7.61. The van der Waals surface area contributed by atoms with Gasteiger partial charge >= 0.3 is 0 Å². The zero-order valence-corrected chi connectivity index (χ0v) is 12.1. The number of halogens is 2. The molecule has 1 heterocycles. The maximum atomic E-state index is 13.3. The van der Waals surface area contributed by atoms with E-state index in [0.29, 0.717) is 19.7 Å². The van der Waals surface area contributed by atoms with E-state index in [2.05, 4.69) is 4.98 Å². The van der Waals surface area contributed by atoms with Crippen molar-refractivity contribution in [1.82, 2.24) is 9.88 Å². The van der Waals surface area contributed by atoms with Crippen LogP contribution >= 0.6 is 0 Å². The van der Waals surface area contributed by atoms with Crippen LogP contribution < -0.4 is 0 Å². The molecule has 22 heavy (non-hydrogen) atoms. The lowest BCUT2D eigenvalue weighted by Crippen LogP contribution is -2.33. The van der Waals surface area contributed by atoms with Crippen molar-refractivity contribution < 1.29 is 18.3 Å². The molecule has 2 aromatic rings. The van der Waals surface area contributed by atoms with Crippen molar-refractivity contribution in [2.75, 3.05) is 20.3 Å². The predicted octanol–water partition coefficient (Wildman–Crippen LogP) is 2.65. The number of pyridine rings is 1. The molecule has 116 valence electrons. The van der Waals surface area contributed by atoms with Crippen LogP contribution in [-0.4, -0.2) is 36.1 Å². The van der Waals surface area contributed by atoms with Gasteiger partial charge in [-0.15, -0.1) is 0 Å². The Morgan fingerprint density at radius 1 is 1.18 bits per heavy atom. The highest BCUT2D eigenvalue weighted by Crippen LogP contribution is 2.13. The molecule has 0 aliphatic rings. The van der Waals surface area contributed by atoms with Crippen LogP contribution in [0.25, 0.3) is 0 Å². The largest absolute Gasteiger partial charge is 0.383 e. The van der Waals surface area contributed by atoms with Gasteiger partial charge in [0.15, 0.2) is 11.6 Å². The summed E-state index contributed by atoms with van der Waals surface area (Å²) in [5.41, 5.74) is 0.992. The first-order valence-electron chi connectivity index (χ1n) is 6.74. The van der Waals surface area contributed by atoms with Crippen LogP contribution in [0, 0.1) is 11.6 Å². The van der Waals surface area contributed by atoms with E-state index in [1.165, 1.54) is 18.1 Å². The standard InChI is InChI=1S/C16H16F2N2O2/c1-22-9-8-20(11-12-4-6-19-7-5-12)16(21)13-2-3-14(17)15(18)10-13/h2-7,10H,8-9,11H2,1H3. The molecule has 0 aliphatic heterocycles. The third kappa shape index (κ3) is 4.08. The molecular weight excluding hydrogens is 290 g/mol. The molecule has 0 aliphatic carbocycles. The Kier molecular flexibility index (Phi) is 5.55. The minimum Gasteiger partial charge on any atom is -0.383 e. The molecule has 0 N–H and O–H groups in total.